The molecule has 2 heterocycles. The summed E-state index contributed by atoms with van der Waals surface area (Å²) in [6, 6.07) is 4.75. The molecule has 0 spiro atoms. The van der Waals surface area contributed by atoms with Crippen LogP contribution in [0.4, 0.5) is 0 Å². The fourth-order valence-corrected chi connectivity index (χ4v) is 4.51. The smallest absolute Gasteiger partial charge is 0.244 e. The highest BCUT2D eigenvalue weighted by Crippen LogP contribution is 2.35. The van der Waals surface area contributed by atoms with Crippen LogP contribution in [-0.4, -0.2) is 33.8 Å². The first kappa shape index (κ1) is 14.8. The van der Waals surface area contributed by atoms with Gasteiger partial charge < -0.3 is 15.2 Å². The average molecular weight is 312 g/mol. The summed E-state index contributed by atoms with van der Waals surface area (Å²) >= 11 is 0. The fraction of sp³-hybridized carbons (Fsp3) is 0.571. The highest BCUT2D eigenvalue weighted by Gasteiger charge is 2.42. The molecule has 3 rings (SSSR count). The Morgan fingerprint density at radius 1 is 1.43 bits per heavy atom. The molecule has 0 amide bonds. The minimum atomic E-state index is -3.63. The van der Waals surface area contributed by atoms with Gasteiger partial charge in [0.1, 0.15) is 10.6 Å². The zero-order valence-electron chi connectivity index (χ0n) is 11.9. The number of benzene rings is 1. The molecule has 3 N–H and O–H groups in total. The van der Waals surface area contributed by atoms with Crippen molar-refractivity contribution in [3.8, 4) is 5.75 Å². The Kier molecular flexibility index (Phi) is 3.92. The van der Waals surface area contributed by atoms with E-state index in [2.05, 4.69) is 4.72 Å². The maximum Gasteiger partial charge on any atom is 0.244 e. The molecular formula is C14H20N2O4S. The molecule has 7 heteroatoms. The number of fused-ring (bicyclic) bond motifs is 2. The Bertz CT molecular complexity index is 632. The molecule has 0 radical (unpaired) electrons. The Hall–Kier alpha value is -1.15. The molecular weight excluding hydrogens is 292 g/mol. The number of sulfonamides is 1. The van der Waals surface area contributed by atoms with E-state index in [1.807, 2.05) is 0 Å². The molecule has 116 valence electrons. The van der Waals surface area contributed by atoms with E-state index in [0.717, 1.165) is 24.8 Å². The standard InChI is InChI=1S/C14H20N2O4S/c1-19-13-6-9(8-15)2-5-14(13)21(17,18)16-11-7-10-3-4-12(11)20-10/h2,5-6,10-12,16H,3-4,7-8,15H2,1H3. The van der Waals surface area contributed by atoms with Gasteiger partial charge in [0, 0.05) is 6.54 Å². The number of rotatable bonds is 5. The van der Waals surface area contributed by atoms with Crippen LogP contribution in [0.2, 0.25) is 0 Å². The van der Waals surface area contributed by atoms with Gasteiger partial charge in [0.2, 0.25) is 10.0 Å². The first-order chi connectivity index (χ1) is 10.0. The van der Waals surface area contributed by atoms with Crippen molar-refractivity contribution in [1.29, 1.82) is 0 Å². The lowest BCUT2D eigenvalue weighted by atomic mass is 9.96. The Morgan fingerprint density at radius 2 is 2.24 bits per heavy atom. The molecule has 2 saturated heterocycles. The normalized spacial score (nSPS) is 28.0. The Morgan fingerprint density at radius 3 is 2.81 bits per heavy atom. The molecule has 3 unspecified atom stereocenters. The van der Waals surface area contributed by atoms with Crippen LogP contribution in [0.1, 0.15) is 24.8 Å². The predicted octanol–water partition coefficient (Wildman–Crippen LogP) is 0.752. The van der Waals surface area contributed by atoms with Crippen LogP contribution in [0.5, 0.6) is 5.75 Å². The van der Waals surface area contributed by atoms with Crippen molar-refractivity contribution in [1.82, 2.24) is 4.72 Å². The fourth-order valence-electron chi connectivity index (χ4n) is 3.09. The molecule has 2 aliphatic heterocycles. The van der Waals surface area contributed by atoms with E-state index >= 15 is 0 Å². The molecule has 6 nitrogen and oxygen atoms in total. The topological polar surface area (TPSA) is 90.7 Å². The first-order valence-electron chi connectivity index (χ1n) is 7.08. The van der Waals surface area contributed by atoms with E-state index in [1.54, 1.807) is 12.1 Å². The van der Waals surface area contributed by atoms with Gasteiger partial charge in [-0.25, -0.2) is 13.1 Å². The predicted molar refractivity (Wildman–Crippen MR) is 77.5 cm³/mol. The van der Waals surface area contributed by atoms with E-state index in [0.29, 0.717) is 12.3 Å². The summed E-state index contributed by atoms with van der Waals surface area (Å²) in [7, 11) is -2.18. The summed E-state index contributed by atoms with van der Waals surface area (Å²) in [5.74, 6) is 0.314. The van der Waals surface area contributed by atoms with Gasteiger partial charge in [-0.3, -0.25) is 0 Å². The quantitative estimate of drug-likeness (QED) is 0.837. The van der Waals surface area contributed by atoms with E-state index in [-0.39, 0.29) is 23.1 Å². The number of ether oxygens (including phenoxy) is 2. The van der Waals surface area contributed by atoms with E-state index < -0.39 is 10.0 Å². The third-order valence-corrected chi connectivity index (χ3v) is 5.70. The van der Waals surface area contributed by atoms with Crippen LogP contribution in [0.15, 0.2) is 23.1 Å². The highest BCUT2D eigenvalue weighted by atomic mass is 32.2. The summed E-state index contributed by atoms with van der Waals surface area (Å²) in [5, 5.41) is 0. The van der Waals surface area contributed by atoms with Crippen molar-refractivity contribution in [3.05, 3.63) is 23.8 Å². The van der Waals surface area contributed by atoms with Crippen LogP contribution in [0, 0.1) is 0 Å². The molecule has 2 aliphatic rings. The zero-order valence-corrected chi connectivity index (χ0v) is 12.7. The Balaban J connectivity index is 1.84. The van der Waals surface area contributed by atoms with Crippen molar-refractivity contribution in [2.45, 2.75) is 49.0 Å². The number of nitrogens with one attached hydrogen (secondary N) is 1. The van der Waals surface area contributed by atoms with E-state index in [9.17, 15) is 8.42 Å². The summed E-state index contributed by atoms with van der Waals surface area (Å²) in [6.07, 6.45) is 2.88. The monoisotopic (exact) mass is 312 g/mol. The lowest BCUT2D eigenvalue weighted by Gasteiger charge is -2.20. The highest BCUT2D eigenvalue weighted by molar-refractivity contribution is 7.89. The molecule has 2 bridgehead atoms. The summed E-state index contributed by atoms with van der Waals surface area (Å²) in [4.78, 5) is 0.143. The van der Waals surface area contributed by atoms with Gasteiger partial charge >= 0.3 is 0 Å². The largest absolute Gasteiger partial charge is 0.495 e. The van der Waals surface area contributed by atoms with Gasteiger partial charge in [-0.05, 0) is 37.0 Å². The van der Waals surface area contributed by atoms with Crippen LogP contribution in [-0.2, 0) is 21.3 Å². The van der Waals surface area contributed by atoms with Crippen molar-refractivity contribution >= 4 is 10.0 Å². The minimum Gasteiger partial charge on any atom is -0.495 e. The summed E-state index contributed by atoms with van der Waals surface area (Å²) in [6.45, 7) is 0.338. The van der Waals surface area contributed by atoms with Gasteiger partial charge in [-0.1, -0.05) is 6.07 Å². The lowest BCUT2D eigenvalue weighted by Crippen LogP contribution is -2.41. The van der Waals surface area contributed by atoms with Crippen molar-refractivity contribution < 1.29 is 17.9 Å². The Labute approximate surface area is 124 Å². The average Bonchev–Trinajstić information content (AvgIpc) is 3.08. The number of hydrogen-bond acceptors (Lipinski definition) is 5. The molecule has 2 fully saturated rings. The van der Waals surface area contributed by atoms with Gasteiger partial charge in [0.15, 0.2) is 0 Å². The van der Waals surface area contributed by atoms with Crippen molar-refractivity contribution in [2.24, 2.45) is 5.73 Å². The molecule has 0 aliphatic carbocycles. The van der Waals surface area contributed by atoms with Crippen LogP contribution < -0.4 is 15.2 Å². The summed E-state index contributed by atoms with van der Waals surface area (Å²) in [5.41, 5.74) is 6.40. The lowest BCUT2D eigenvalue weighted by molar-refractivity contribution is 0.0996. The zero-order chi connectivity index (χ0) is 15.0. The second-order valence-electron chi connectivity index (χ2n) is 5.53. The van der Waals surface area contributed by atoms with Crippen molar-refractivity contribution in [3.63, 3.8) is 0 Å². The van der Waals surface area contributed by atoms with E-state index in [4.69, 9.17) is 15.2 Å². The van der Waals surface area contributed by atoms with Crippen LogP contribution in [0.3, 0.4) is 0 Å². The van der Waals surface area contributed by atoms with Crippen LogP contribution in [0.25, 0.3) is 0 Å². The summed E-state index contributed by atoms with van der Waals surface area (Å²) < 4.78 is 38.8. The third-order valence-electron chi connectivity index (χ3n) is 4.17. The number of methoxy groups -OCH3 is 1. The molecule has 3 atom stereocenters. The first-order valence-corrected chi connectivity index (χ1v) is 8.56. The van der Waals surface area contributed by atoms with Crippen molar-refractivity contribution in [2.75, 3.05) is 7.11 Å². The van der Waals surface area contributed by atoms with Gasteiger partial charge in [0.25, 0.3) is 0 Å². The van der Waals surface area contributed by atoms with Crippen LogP contribution >= 0.6 is 0 Å². The molecule has 0 aromatic heterocycles. The molecule has 1 aromatic rings. The van der Waals surface area contributed by atoms with Gasteiger partial charge in [-0.2, -0.15) is 0 Å². The third kappa shape index (κ3) is 2.78. The maximum absolute atomic E-state index is 12.6. The molecule has 0 saturated carbocycles. The second-order valence-corrected chi connectivity index (χ2v) is 7.21. The number of nitrogens with two attached hydrogens (primary N) is 1. The number of hydrogen-bond donors (Lipinski definition) is 2. The molecule has 21 heavy (non-hydrogen) atoms. The maximum atomic E-state index is 12.6. The second kappa shape index (κ2) is 5.57. The van der Waals surface area contributed by atoms with Gasteiger partial charge in [-0.15, -0.1) is 0 Å². The van der Waals surface area contributed by atoms with E-state index in [1.165, 1.54) is 13.2 Å². The molecule has 1 aromatic carbocycles. The van der Waals surface area contributed by atoms with Gasteiger partial charge in [0.05, 0.1) is 25.4 Å². The SMILES string of the molecule is COc1cc(CN)ccc1S(=O)(=O)NC1CC2CCC1O2. The minimum absolute atomic E-state index is 0.000847.